The van der Waals surface area contributed by atoms with E-state index in [9.17, 15) is 0 Å². The molecule has 1 atom stereocenters. The maximum absolute atomic E-state index is 5.73. The predicted octanol–water partition coefficient (Wildman–Crippen LogP) is 2.45. The van der Waals surface area contributed by atoms with Crippen LogP contribution in [-0.2, 0) is 0 Å². The summed E-state index contributed by atoms with van der Waals surface area (Å²) < 4.78 is 0. The van der Waals surface area contributed by atoms with Crippen LogP contribution in [0.4, 0.5) is 0 Å². The number of halogens is 1. The van der Waals surface area contributed by atoms with Gasteiger partial charge in [-0.25, -0.2) is 0 Å². The molecule has 1 rings (SSSR count). The zero-order valence-electron chi connectivity index (χ0n) is 10.3. The number of hydrogen-bond donors (Lipinski definition) is 1. The highest BCUT2D eigenvalue weighted by Crippen LogP contribution is 2.25. The molecule has 1 unspecified atom stereocenters. The van der Waals surface area contributed by atoms with Crippen LogP contribution in [0.15, 0.2) is 11.1 Å². The molecular weight excluding hydrogens is 208 g/mol. The number of nitrogens with one attached hydrogen (secondary N) is 1. The molecular formula is C12H23ClN2. The van der Waals surface area contributed by atoms with Crippen LogP contribution in [0.1, 0.15) is 27.7 Å². The standard InChI is InChI=1S/C12H23ClN2/c1-10(7-13)9-15-6-5-14-8-11(15)12(2,3)4/h7,11,14H,5-6,8-9H2,1-4H3. The van der Waals surface area contributed by atoms with Gasteiger partial charge in [0.2, 0.25) is 0 Å². The molecule has 0 saturated carbocycles. The molecule has 0 radical (unpaired) electrons. The fourth-order valence-corrected chi connectivity index (χ4v) is 2.21. The maximum atomic E-state index is 5.73. The molecule has 1 heterocycles. The van der Waals surface area contributed by atoms with Crippen molar-refractivity contribution in [2.45, 2.75) is 33.7 Å². The van der Waals surface area contributed by atoms with Gasteiger partial charge >= 0.3 is 0 Å². The van der Waals surface area contributed by atoms with Crippen molar-refractivity contribution in [3.63, 3.8) is 0 Å². The predicted molar refractivity (Wildman–Crippen MR) is 67.3 cm³/mol. The zero-order chi connectivity index (χ0) is 11.5. The normalized spacial score (nSPS) is 25.7. The Hall–Kier alpha value is -0.0500. The van der Waals surface area contributed by atoms with Gasteiger partial charge in [-0.2, -0.15) is 0 Å². The van der Waals surface area contributed by atoms with E-state index in [1.807, 2.05) is 0 Å². The first-order valence-electron chi connectivity index (χ1n) is 5.66. The van der Waals surface area contributed by atoms with Crippen LogP contribution >= 0.6 is 11.6 Å². The zero-order valence-corrected chi connectivity index (χ0v) is 11.1. The van der Waals surface area contributed by atoms with E-state index < -0.39 is 0 Å². The van der Waals surface area contributed by atoms with Crippen molar-refractivity contribution in [3.8, 4) is 0 Å². The molecule has 88 valence electrons. The number of rotatable bonds is 2. The van der Waals surface area contributed by atoms with Crippen molar-refractivity contribution in [3.05, 3.63) is 11.1 Å². The molecule has 2 nitrogen and oxygen atoms in total. The van der Waals surface area contributed by atoms with Crippen molar-refractivity contribution < 1.29 is 0 Å². The Balaban J connectivity index is 2.66. The highest BCUT2D eigenvalue weighted by molar-refractivity contribution is 6.25. The van der Waals surface area contributed by atoms with Crippen molar-refractivity contribution in [2.75, 3.05) is 26.2 Å². The summed E-state index contributed by atoms with van der Waals surface area (Å²) in [4.78, 5) is 2.53. The quantitative estimate of drug-likeness (QED) is 0.784. The van der Waals surface area contributed by atoms with Gasteiger partial charge in [-0.15, -0.1) is 0 Å². The van der Waals surface area contributed by atoms with E-state index in [2.05, 4.69) is 37.9 Å². The molecule has 15 heavy (non-hydrogen) atoms. The molecule has 1 fully saturated rings. The molecule has 3 heteroatoms. The smallest absolute Gasteiger partial charge is 0.0273 e. The fourth-order valence-electron chi connectivity index (χ4n) is 2.14. The highest BCUT2D eigenvalue weighted by atomic mass is 35.5. The van der Waals surface area contributed by atoms with Crippen LogP contribution in [0, 0.1) is 5.41 Å². The summed E-state index contributed by atoms with van der Waals surface area (Å²) in [6.07, 6.45) is 0. The minimum Gasteiger partial charge on any atom is -0.314 e. The molecule has 0 aromatic carbocycles. The Morgan fingerprint density at radius 1 is 1.53 bits per heavy atom. The third-order valence-electron chi connectivity index (χ3n) is 2.99. The molecule has 0 amide bonds. The summed E-state index contributed by atoms with van der Waals surface area (Å²) >= 11 is 5.73. The molecule has 1 aliphatic rings. The average molecular weight is 231 g/mol. The van der Waals surface area contributed by atoms with Gasteiger partial charge in [0.1, 0.15) is 0 Å². The third kappa shape index (κ3) is 3.78. The van der Waals surface area contributed by atoms with E-state index in [-0.39, 0.29) is 0 Å². The van der Waals surface area contributed by atoms with E-state index in [0.29, 0.717) is 11.5 Å². The lowest BCUT2D eigenvalue weighted by Gasteiger charge is -2.43. The van der Waals surface area contributed by atoms with Gasteiger partial charge in [-0.3, -0.25) is 4.90 Å². The van der Waals surface area contributed by atoms with E-state index >= 15 is 0 Å². The highest BCUT2D eigenvalue weighted by Gasteiger charge is 2.31. The molecule has 1 saturated heterocycles. The van der Waals surface area contributed by atoms with Gasteiger partial charge in [0.25, 0.3) is 0 Å². The molecule has 0 bridgehead atoms. The second-order valence-corrected chi connectivity index (χ2v) is 5.73. The first kappa shape index (κ1) is 13.0. The van der Waals surface area contributed by atoms with E-state index in [0.717, 1.165) is 26.2 Å². The average Bonchev–Trinajstić information content (AvgIpc) is 2.17. The number of piperazine rings is 1. The lowest BCUT2D eigenvalue weighted by molar-refractivity contribution is 0.0843. The Labute approximate surface area is 98.7 Å². The number of hydrogen-bond acceptors (Lipinski definition) is 2. The van der Waals surface area contributed by atoms with Gasteiger partial charge in [-0.05, 0) is 17.9 Å². The van der Waals surface area contributed by atoms with E-state index in [1.54, 1.807) is 5.54 Å². The van der Waals surface area contributed by atoms with Crippen molar-refractivity contribution in [1.82, 2.24) is 10.2 Å². The Bertz CT molecular complexity index is 230. The molecule has 0 aromatic rings. The van der Waals surface area contributed by atoms with E-state index in [1.165, 1.54) is 5.57 Å². The van der Waals surface area contributed by atoms with Crippen LogP contribution in [0.2, 0.25) is 0 Å². The van der Waals surface area contributed by atoms with Gasteiger partial charge in [-0.1, -0.05) is 32.4 Å². The third-order valence-corrected chi connectivity index (χ3v) is 3.37. The van der Waals surface area contributed by atoms with Crippen molar-refractivity contribution >= 4 is 11.6 Å². The first-order chi connectivity index (χ1) is 6.95. The summed E-state index contributed by atoms with van der Waals surface area (Å²) in [6, 6.07) is 0.595. The van der Waals surface area contributed by atoms with Crippen LogP contribution < -0.4 is 5.32 Å². The van der Waals surface area contributed by atoms with Gasteiger partial charge in [0, 0.05) is 37.8 Å². The minimum absolute atomic E-state index is 0.319. The number of nitrogens with zero attached hydrogens (tertiary/aromatic N) is 1. The van der Waals surface area contributed by atoms with Gasteiger partial charge < -0.3 is 5.32 Å². The Kier molecular flexibility index (Phi) is 4.63. The van der Waals surface area contributed by atoms with Gasteiger partial charge in [0.05, 0.1) is 0 Å². The largest absolute Gasteiger partial charge is 0.314 e. The monoisotopic (exact) mass is 230 g/mol. The second-order valence-electron chi connectivity index (χ2n) is 5.51. The summed E-state index contributed by atoms with van der Waals surface area (Å²) in [5.74, 6) is 0. The van der Waals surface area contributed by atoms with Crippen LogP contribution in [-0.4, -0.2) is 37.1 Å². The van der Waals surface area contributed by atoms with Crippen LogP contribution in [0.5, 0.6) is 0 Å². The minimum atomic E-state index is 0.319. The van der Waals surface area contributed by atoms with Crippen LogP contribution in [0.25, 0.3) is 0 Å². The summed E-state index contributed by atoms with van der Waals surface area (Å²) in [5.41, 5.74) is 3.26. The summed E-state index contributed by atoms with van der Waals surface area (Å²) in [6.45, 7) is 13.3. The lowest BCUT2D eigenvalue weighted by Crippen LogP contribution is -2.56. The fraction of sp³-hybridized carbons (Fsp3) is 0.833. The SMILES string of the molecule is CC(=CCl)CN1CCNCC1C(C)(C)C. The second kappa shape index (κ2) is 5.33. The van der Waals surface area contributed by atoms with E-state index in [4.69, 9.17) is 11.6 Å². The maximum Gasteiger partial charge on any atom is 0.0273 e. The molecule has 1 aliphatic heterocycles. The molecule has 0 aromatic heterocycles. The molecule has 0 aliphatic carbocycles. The molecule has 1 N–H and O–H groups in total. The Morgan fingerprint density at radius 3 is 2.73 bits per heavy atom. The summed E-state index contributed by atoms with van der Waals surface area (Å²) in [5, 5.41) is 3.47. The topological polar surface area (TPSA) is 15.3 Å². The summed E-state index contributed by atoms with van der Waals surface area (Å²) in [7, 11) is 0. The van der Waals surface area contributed by atoms with Crippen molar-refractivity contribution in [2.24, 2.45) is 5.41 Å². The van der Waals surface area contributed by atoms with Crippen molar-refractivity contribution in [1.29, 1.82) is 0 Å². The lowest BCUT2D eigenvalue weighted by atomic mass is 9.84. The van der Waals surface area contributed by atoms with Gasteiger partial charge in [0.15, 0.2) is 0 Å². The molecule has 0 spiro atoms. The first-order valence-corrected chi connectivity index (χ1v) is 6.09. The Morgan fingerprint density at radius 2 is 2.20 bits per heavy atom. The van der Waals surface area contributed by atoms with Crippen LogP contribution in [0.3, 0.4) is 0 Å².